The number of carbonyl (C=O) groups is 2. The van der Waals surface area contributed by atoms with E-state index in [4.69, 9.17) is 0 Å². The lowest BCUT2D eigenvalue weighted by atomic mass is 9.96. The third-order valence-corrected chi connectivity index (χ3v) is 5.59. The van der Waals surface area contributed by atoms with Crippen molar-refractivity contribution in [2.24, 2.45) is 5.92 Å². The van der Waals surface area contributed by atoms with Gasteiger partial charge in [-0.15, -0.1) is 0 Å². The summed E-state index contributed by atoms with van der Waals surface area (Å²) in [6.45, 7) is 7.77. The molecule has 2 heterocycles. The van der Waals surface area contributed by atoms with Crippen LogP contribution in [0.3, 0.4) is 0 Å². The van der Waals surface area contributed by atoms with E-state index in [1.165, 1.54) is 10.6 Å². The first-order valence-corrected chi connectivity index (χ1v) is 11.0. The predicted octanol–water partition coefficient (Wildman–Crippen LogP) is 3.77. The molecule has 3 rings (SSSR count). The molecule has 0 aliphatic carbocycles. The number of aromatic nitrogens is 3. The number of amides is 1. The van der Waals surface area contributed by atoms with E-state index < -0.39 is 18.1 Å². The summed E-state index contributed by atoms with van der Waals surface area (Å²) in [5.41, 5.74) is 3.98. The van der Waals surface area contributed by atoms with Crippen LogP contribution in [0.5, 0.6) is 0 Å². The Kier molecular flexibility index (Phi) is 7.48. The highest BCUT2D eigenvalue weighted by molar-refractivity contribution is 5.82. The van der Waals surface area contributed by atoms with Crippen LogP contribution in [0.1, 0.15) is 55.7 Å². The van der Waals surface area contributed by atoms with Crippen molar-refractivity contribution < 1.29 is 14.7 Å². The summed E-state index contributed by atoms with van der Waals surface area (Å²) in [5.74, 6) is -1.26. The molecule has 0 aliphatic heterocycles. The number of carboxylic acid groups (broad SMARTS) is 1. The van der Waals surface area contributed by atoms with E-state index in [0.29, 0.717) is 12.0 Å². The molecule has 33 heavy (non-hydrogen) atoms. The van der Waals surface area contributed by atoms with Gasteiger partial charge in [0.2, 0.25) is 5.91 Å². The number of carbonyl (C=O) groups excluding carboxylic acids is 1. The molecule has 8 heteroatoms. The number of hydrogen-bond acceptors (Lipinski definition) is 4. The highest BCUT2D eigenvalue weighted by Crippen LogP contribution is 2.29. The Balaban J connectivity index is 1.96. The third-order valence-electron chi connectivity index (χ3n) is 5.59. The van der Waals surface area contributed by atoms with Gasteiger partial charge in [-0.2, -0.15) is 5.10 Å². The average molecular weight is 451 g/mol. The Hall–Kier alpha value is -3.68. The monoisotopic (exact) mass is 450 g/mol. The minimum atomic E-state index is -1.03. The number of H-pyrrole nitrogens is 1. The molecule has 0 spiro atoms. The van der Waals surface area contributed by atoms with Crippen molar-refractivity contribution in [1.82, 2.24) is 20.1 Å². The molecule has 3 N–H and O–H groups in total. The van der Waals surface area contributed by atoms with Gasteiger partial charge in [0.15, 0.2) is 0 Å². The lowest BCUT2D eigenvalue weighted by Crippen LogP contribution is -2.39. The quantitative estimate of drug-likeness (QED) is 0.459. The Bertz CT molecular complexity index is 1180. The molecule has 1 unspecified atom stereocenters. The van der Waals surface area contributed by atoms with E-state index in [2.05, 4.69) is 15.5 Å². The van der Waals surface area contributed by atoms with Gasteiger partial charge in [0.1, 0.15) is 6.04 Å². The highest BCUT2D eigenvalue weighted by atomic mass is 16.4. The van der Waals surface area contributed by atoms with Gasteiger partial charge in [0, 0.05) is 23.5 Å². The molecule has 0 bridgehead atoms. The normalized spacial score (nSPS) is 13.0. The number of rotatable bonds is 9. The van der Waals surface area contributed by atoms with Crippen molar-refractivity contribution in [2.75, 3.05) is 0 Å². The number of aryl methyl sites for hydroxylation is 2. The van der Waals surface area contributed by atoms with E-state index >= 15 is 0 Å². The van der Waals surface area contributed by atoms with Crippen LogP contribution in [-0.4, -0.2) is 31.7 Å². The van der Waals surface area contributed by atoms with Gasteiger partial charge < -0.3 is 15.0 Å². The molecule has 1 aromatic carbocycles. The Morgan fingerprint density at radius 2 is 1.91 bits per heavy atom. The number of nitrogens with zero attached hydrogens (tertiary/aromatic N) is 2. The highest BCUT2D eigenvalue weighted by Gasteiger charge is 2.27. The number of carboxylic acids is 1. The Labute approximate surface area is 192 Å². The van der Waals surface area contributed by atoms with Crippen molar-refractivity contribution in [3.63, 3.8) is 0 Å². The average Bonchev–Trinajstić information content (AvgIpc) is 3.09. The summed E-state index contributed by atoms with van der Waals surface area (Å²) in [4.78, 5) is 37.4. The lowest BCUT2D eigenvalue weighted by molar-refractivity contribution is -0.138. The molecule has 2 atom stereocenters. The maximum absolute atomic E-state index is 13.3. The molecule has 0 saturated heterocycles. The maximum atomic E-state index is 13.3. The Morgan fingerprint density at radius 3 is 2.52 bits per heavy atom. The Morgan fingerprint density at radius 1 is 1.15 bits per heavy atom. The van der Waals surface area contributed by atoms with E-state index in [1.807, 2.05) is 45.9 Å². The largest absolute Gasteiger partial charge is 0.481 e. The zero-order valence-electron chi connectivity index (χ0n) is 19.3. The topological polar surface area (TPSA) is 117 Å². The van der Waals surface area contributed by atoms with Crippen LogP contribution in [0, 0.1) is 19.8 Å². The molecular weight excluding hydrogens is 420 g/mol. The molecule has 0 saturated carbocycles. The zero-order chi connectivity index (χ0) is 24.1. The molecule has 1 amide bonds. The van der Waals surface area contributed by atoms with Gasteiger partial charge >= 0.3 is 5.97 Å². The predicted molar refractivity (Wildman–Crippen MR) is 126 cm³/mol. The second kappa shape index (κ2) is 10.3. The number of aliphatic carboxylic acids is 1. The van der Waals surface area contributed by atoms with Crippen molar-refractivity contribution in [1.29, 1.82) is 0 Å². The van der Waals surface area contributed by atoms with Crippen molar-refractivity contribution in [3.8, 4) is 11.1 Å². The number of pyridine rings is 1. The van der Waals surface area contributed by atoms with Crippen LogP contribution >= 0.6 is 0 Å². The van der Waals surface area contributed by atoms with E-state index in [1.54, 1.807) is 24.4 Å². The molecule has 8 nitrogen and oxygen atoms in total. The molecule has 174 valence electrons. The fourth-order valence-corrected chi connectivity index (χ4v) is 4.07. The van der Waals surface area contributed by atoms with E-state index in [9.17, 15) is 19.5 Å². The standard InChI is InChI=1S/C25H30N4O4/c1-15(2)12-21(29-11-6-5-10-22(29)30)25(33)26-20(14-23(31)32)18-8-7-9-19(13-18)24-16(3)27-28-17(24)4/h5-11,13,15,20-21H,12,14H2,1-4H3,(H,26,33)(H,27,28)(H,31,32)/t20-,21?/m1/s1. The fourth-order valence-electron chi connectivity index (χ4n) is 4.07. The summed E-state index contributed by atoms with van der Waals surface area (Å²) in [6, 6.07) is 10.7. The number of aromatic amines is 1. The second-order valence-electron chi connectivity index (χ2n) is 8.69. The third kappa shape index (κ3) is 5.77. The first-order chi connectivity index (χ1) is 15.7. The maximum Gasteiger partial charge on any atom is 0.305 e. The zero-order valence-corrected chi connectivity index (χ0v) is 19.3. The number of hydrogen-bond donors (Lipinski definition) is 3. The fraction of sp³-hybridized carbons (Fsp3) is 0.360. The smallest absolute Gasteiger partial charge is 0.305 e. The SMILES string of the molecule is Cc1n[nH]c(C)c1-c1cccc([C@@H](CC(=O)O)NC(=O)C(CC(C)C)n2ccccc2=O)c1. The van der Waals surface area contributed by atoms with Crippen molar-refractivity contribution in [3.05, 3.63) is 76.0 Å². The molecular formula is C25H30N4O4. The van der Waals surface area contributed by atoms with Crippen LogP contribution in [0.15, 0.2) is 53.5 Å². The minimum Gasteiger partial charge on any atom is -0.481 e. The van der Waals surface area contributed by atoms with Gasteiger partial charge in [0.05, 0.1) is 18.2 Å². The minimum absolute atomic E-state index is 0.154. The van der Waals surface area contributed by atoms with Gasteiger partial charge in [0.25, 0.3) is 5.56 Å². The summed E-state index contributed by atoms with van der Waals surface area (Å²) in [5, 5.41) is 19.6. The van der Waals surface area contributed by atoms with Gasteiger partial charge in [-0.25, -0.2) is 0 Å². The summed E-state index contributed by atoms with van der Waals surface area (Å²) in [6.07, 6.45) is 1.76. The number of nitrogens with one attached hydrogen (secondary N) is 2. The van der Waals surface area contributed by atoms with Crippen LogP contribution in [0.25, 0.3) is 11.1 Å². The molecule has 3 aromatic rings. The summed E-state index contributed by atoms with van der Waals surface area (Å²) >= 11 is 0. The van der Waals surface area contributed by atoms with Crippen molar-refractivity contribution in [2.45, 2.75) is 52.6 Å². The first kappa shape index (κ1) is 24.0. The molecule has 0 radical (unpaired) electrons. The van der Waals surface area contributed by atoms with Crippen LogP contribution in [-0.2, 0) is 9.59 Å². The van der Waals surface area contributed by atoms with E-state index in [-0.39, 0.29) is 23.8 Å². The molecule has 0 aliphatic rings. The summed E-state index contributed by atoms with van der Waals surface area (Å²) < 4.78 is 1.40. The van der Waals surface area contributed by atoms with Gasteiger partial charge in [-0.3, -0.25) is 19.5 Å². The van der Waals surface area contributed by atoms with Gasteiger partial charge in [-0.05, 0) is 49.4 Å². The lowest BCUT2D eigenvalue weighted by Gasteiger charge is -2.25. The number of benzene rings is 1. The van der Waals surface area contributed by atoms with Crippen LogP contribution < -0.4 is 10.9 Å². The second-order valence-corrected chi connectivity index (χ2v) is 8.69. The van der Waals surface area contributed by atoms with Crippen molar-refractivity contribution >= 4 is 11.9 Å². The molecule has 2 aromatic heterocycles. The van der Waals surface area contributed by atoms with Crippen LogP contribution in [0.4, 0.5) is 0 Å². The summed E-state index contributed by atoms with van der Waals surface area (Å²) in [7, 11) is 0. The first-order valence-electron chi connectivity index (χ1n) is 11.0. The van der Waals surface area contributed by atoms with Crippen LogP contribution in [0.2, 0.25) is 0 Å². The van der Waals surface area contributed by atoms with Gasteiger partial charge in [-0.1, -0.05) is 38.1 Å². The van der Waals surface area contributed by atoms with E-state index in [0.717, 1.165) is 22.5 Å². The molecule has 0 fully saturated rings.